The maximum absolute atomic E-state index is 6.41. The van der Waals surface area contributed by atoms with E-state index in [-0.39, 0.29) is 0 Å². The highest BCUT2D eigenvalue weighted by Crippen LogP contribution is 2.29. The molecule has 0 saturated carbocycles. The molecule has 0 unspecified atom stereocenters. The van der Waals surface area contributed by atoms with E-state index in [1.165, 1.54) is 5.57 Å². The molecular weight excluding hydrogens is 366 g/mol. The van der Waals surface area contributed by atoms with Crippen molar-refractivity contribution in [3.63, 3.8) is 0 Å². The molecule has 1 heterocycles. The standard InChI is InChI=1S/C22H33N5S/c1-5-7-17(2)11-12-27(14-13-26(3)4)20-10-9-18(16-19(20)23)25-22(24)21-8-6-15-28-21/h6-10,15-16H,5,11-14,23H2,1-4H3,(H2,24,25)/b17-7+. The molecule has 0 aliphatic rings. The first kappa shape index (κ1) is 22.0. The summed E-state index contributed by atoms with van der Waals surface area (Å²) in [5.74, 6) is 0.520. The highest BCUT2D eigenvalue weighted by Gasteiger charge is 2.12. The number of nitrogens with zero attached hydrogens (tertiary/aromatic N) is 3. The topological polar surface area (TPSA) is 70.9 Å². The summed E-state index contributed by atoms with van der Waals surface area (Å²) in [5, 5.41) is 1.99. The fourth-order valence-corrected chi connectivity index (χ4v) is 3.58. The van der Waals surface area contributed by atoms with E-state index in [0.717, 1.165) is 54.4 Å². The Hall–Kier alpha value is -2.31. The summed E-state index contributed by atoms with van der Waals surface area (Å²) < 4.78 is 0. The minimum atomic E-state index is 0.520. The molecule has 0 radical (unpaired) electrons. The molecular formula is C22H33N5S. The van der Waals surface area contributed by atoms with Crippen LogP contribution in [0.15, 0.2) is 52.4 Å². The van der Waals surface area contributed by atoms with E-state index in [1.807, 2.05) is 29.6 Å². The first-order valence-electron chi connectivity index (χ1n) is 9.73. The summed E-state index contributed by atoms with van der Waals surface area (Å²) in [4.78, 5) is 10.0. The molecule has 0 aliphatic heterocycles. The number of rotatable bonds is 10. The molecule has 0 spiro atoms. The SMILES string of the molecule is CC/C=C(\C)CCN(CCN(C)C)c1ccc(N=C(N)c2cccs2)cc1N. The minimum Gasteiger partial charge on any atom is -0.397 e. The summed E-state index contributed by atoms with van der Waals surface area (Å²) in [6, 6.07) is 9.90. The molecule has 0 atom stereocenters. The van der Waals surface area contributed by atoms with Crippen LogP contribution in [0.4, 0.5) is 17.1 Å². The average molecular weight is 400 g/mol. The van der Waals surface area contributed by atoms with Gasteiger partial charge in [-0.3, -0.25) is 0 Å². The zero-order valence-corrected chi connectivity index (χ0v) is 18.3. The van der Waals surface area contributed by atoms with Crippen molar-refractivity contribution in [2.45, 2.75) is 26.7 Å². The fraction of sp³-hybridized carbons (Fsp3) is 0.409. The number of allylic oxidation sites excluding steroid dienone is 1. The number of thiophene rings is 1. The lowest BCUT2D eigenvalue weighted by Gasteiger charge is -2.28. The van der Waals surface area contributed by atoms with Gasteiger partial charge in [-0.05, 0) is 63.5 Å². The molecule has 152 valence electrons. The second-order valence-electron chi connectivity index (χ2n) is 7.22. The van der Waals surface area contributed by atoms with Crippen LogP contribution in [0, 0.1) is 0 Å². The number of aliphatic imine (C=N–C) groups is 1. The zero-order valence-electron chi connectivity index (χ0n) is 17.5. The Balaban J connectivity index is 2.20. The number of amidine groups is 1. The van der Waals surface area contributed by atoms with Crippen LogP contribution < -0.4 is 16.4 Å². The minimum absolute atomic E-state index is 0.520. The van der Waals surface area contributed by atoms with Crippen molar-refractivity contribution in [3.05, 3.63) is 52.2 Å². The van der Waals surface area contributed by atoms with Gasteiger partial charge in [0.05, 0.1) is 21.9 Å². The van der Waals surface area contributed by atoms with Crippen molar-refractivity contribution in [1.29, 1.82) is 0 Å². The molecule has 6 heteroatoms. The van der Waals surface area contributed by atoms with Gasteiger partial charge in [0.2, 0.25) is 0 Å². The molecule has 0 saturated heterocycles. The van der Waals surface area contributed by atoms with Crippen molar-refractivity contribution in [2.75, 3.05) is 44.4 Å². The van der Waals surface area contributed by atoms with Crippen LogP contribution in [0.5, 0.6) is 0 Å². The number of nitrogens with two attached hydrogens (primary N) is 2. The second-order valence-corrected chi connectivity index (χ2v) is 8.16. The lowest BCUT2D eigenvalue weighted by molar-refractivity contribution is 0.413. The van der Waals surface area contributed by atoms with Crippen molar-refractivity contribution in [1.82, 2.24) is 4.90 Å². The number of anilines is 2. The van der Waals surface area contributed by atoms with E-state index < -0.39 is 0 Å². The van der Waals surface area contributed by atoms with E-state index in [9.17, 15) is 0 Å². The van der Waals surface area contributed by atoms with Gasteiger partial charge in [0.25, 0.3) is 0 Å². The molecule has 0 bridgehead atoms. The van der Waals surface area contributed by atoms with Gasteiger partial charge in [-0.25, -0.2) is 4.99 Å². The Morgan fingerprint density at radius 3 is 2.57 bits per heavy atom. The maximum Gasteiger partial charge on any atom is 0.141 e. The molecule has 0 fully saturated rings. The smallest absolute Gasteiger partial charge is 0.141 e. The van der Waals surface area contributed by atoms with Crippen molar-refractivity contribution in [3.8, 4) is 0 Å². The van der Waals surface area contributed by atoms with Crippen molar-refractivity contribution < 1.29 is 0 Å². The molecule has 0 amide bonds. The van der Waals surface area contributed by atoms with E-state index in [1.54, 1.807) is 11.3 Å². The number of hydrogen-bond donors (Lipinski definition) is 2. The highest BCUT2D eigenvalue weighted by atomic mass is 32.1. The lowest BCUT2D eigenvalue weighted by atomic mass is 10.1. The largest absolute Gasteiger partial charge is 0.397 e. The molecule has 1 aromatic heterocycles. The van der Waals surface area contributed by atoms with Crippen molar-refractivity contribution in [2.24, 2.45) is 10.7 Å². The van der Waals surface area contributed by atoms with Crippen LogP contribution in [0.1, 0.15) is 31.6 Å². The lowest BCUT2D eigenvalue weighted by Crippen LogP contribution is -2.33. The van der Waals surface area contributed by atoms with Gasteiger partial charge in [0, 0.05) is 19.6 Å². The van der Waals surface area contributed by atoms with E-state index in [0.29, 0.717) is 5.84 Å². The number of benzene rings is 1. The van der Waals surface area contributed by atoms with Gasteiger partial charge in [0.15, 0.2) is 0 Å². The van der Waals surface area contributed by atoms with Crippen LogP contribution >= 0.6 is 11.3 Å². The third-order valence-electron chi connectivity index (χ3n) is 4.52. The van der Waals surface area contributed by atoms with Gasteiger partial charge >= 0.3 is 0 Å². The van der Waals surface area contributed by atoms with E-state index in [2.05, 4.69) is 54.9 Å². The van der Waals surface area contributed by atoms with Gasteiger partial charge in [-0.1, -0.05) is 24.6 Å². The van der Waals surface area contributed by atoms with E-state index >= 15 is 0 Å². The molecule has 0 aliphatic carbocycles. The molecule has 1 aromatic carbocycles. The molecule has 4 N–H and O–H groups in total. The Kier molecular flexibility index (Phi) is 8.54. The summed E-state index contributed by atoms with van der Waals surface area (Å²) in [7, 11) is 4.18. The molecule has 2 rings (SSSR count). The van der Waals surface area contributed by atoms with Gasteiger partial charge in [0.1, 0.15) is 5.84 Å². The molecule has 2 aromatic rings. The summed E-state index contributed by atoms with van der Waals surface area (Å²) in [6.07, 6.45) is 4.40. The second kappa shape index (κ2) is 10.9. The first-order chi connectivity index (χ1) is 13.4. The fourth-order valence-electron chi connectivity index (χ4n) is 2.95. The van der Waals surface area contributed by atoms with Gasteiger partial charge < -0.3 is 21.3 Å². The average Bonchev–Trinajstić information content (AvgIpc) is 3.17. The monoisotopic (exact) mass is 399 g/mol. The van der Waals surface area contributed by atoms with Gasteiger partial charge in [-0.2, -0.15) is 0 Å². The Morgan fingerprint density at radius 2 is 1.96 bits per heavy atom. The maximum atomic E-state index is 6.41. The predicted octanol–water partition coefficient (Wildman–Crippen LogP) is 4.48. The quantitative estimate of drug-likeness (QED) is 0.267. The van der Waals surface area contributed by atoms with Gasteiger partial charge in [-0.15, -0.1) is 11.3 Å². The molecule has 5 nitrogen and oxygen atoms in total. The van der Waals surface area contributed by atoms with E-state index in [4.69, 9.17) is 11.5 Å². The number of likely N-dealkylation sites (N-methyl/N-ethyl adjacent to an activating group) is 1. The summed E-state index contributed by atoms with van der Waals surface area (Å²) in [5.41, 5.74) is 16.5. The number of nitrogen functional groups attached to an aromatic ring is 1. The van der Waals surface area contributed by atoms with Crippen LogP contribution in [-0.2, 0) is 0 Å². The number of hydrogen-bond acceptors (Lipinski definition) is 5. The Bertz CT molecular complexity index is 793. The highest BCUT2D eigenvalue weighted by molar-refractivity contribution is 7.12. The third kappa shape index (κ3) is 6.69. The summed E-state index contributed by atoms with van der Waals surface area (Å²) in [6.45, 7) is 7.21. The molecule has 28 heavy (non-hydrogen) atoms. The van der Waals surface area contributed by atoms with Crippen LogP contribution in [0.3, 0.4) is 0 Å². The first-order valence-corrected chi connectivity index (χ1v) is 10.6. The third-order valence-corrected chi connectivity index (χ3v) is 5.41. The normalized spacial score (nSPS) is 12.6. The van der Waals surface area contributed by atoms with Crippen LogP contribution in [0.2, 0.25) is 0 Å². The zero-order chi connectivity index (χ0) is 20.5. The van der Waals surface area contributed by atoms with Crippen LogP contribution in [-0.4, -0.2) is 44.5 Å². The van der Waals surface area contributed by atoms with Crippen molar-refractivity contribution >= 4 is 34.2 Å². The Labute approximate surface area is 173 Å². The Morgan fingerprint density at radius 1 is 1.18 bits per heavy atom. The predicted molar refractivity (Wildman–Crippen MR) is 125 cm³/mol. The summed E-state index contributed by atoms with van der Waals surface area (Å²) >= 11 is 1.58. The van der Waals surface area contributed by atoms with Crippen LogP contribution in [0.25, 0.3) is 0 Å².